The number of rotatable bonds is 4. The first-order valence-electron chi connectivity index (χ1n) is 10.3. The highest BCUT2D eigenvalue weighted by Gasteiger charge is 2.55. The van der Waals surface area contributed by atoms with Crippen LogP contribution in [0.2, 0.25) is 0 Å². The Morgan fingerprint density at radius 1 is 1.20 bits per heavy atom. The second-order valence-electron chi connectivity index (χ2n) is 8.70. The van der Waals surface area contributed by atoms with Crippen LogP contribution >= 0.6 is 0 Å². The highest BCUT2D eigenvalue weighted by molar-refractivity contribution is 5.90. The van der Waals surface area contributed by atoms with Gasteiger partial charge in [0.25, 0.3) is 5.69 Å². The molecule has 2 heterocycles. The summed E-state index contributed by atoms with van der Waals surface area (Å²) in [5.74, 6) is -1.22. The maximum absolute atomic E-state index is 13.3. The molecule has 10 heteroatoms. The van der Waals surface area contributed by atoms with Crippen molar-refractivity contribution in [1.29, 1.82) is 0 Å². The fourth-order valence-corrected chi connectivity index (χ4v) is 5.04. The van der Waals surface area contributed by atoms with Gasteiger partial charge in [0, 0.05) is 38.8 Å². The molecule has 0 radical (unpaired) electrons. The molecule has 0 aromatic heterocycles. The standard InChI is InChI=1S/C20H27N5O5/c1-22-13-20(6-7-20)12-14(18(26)21-28)17(22)19(27)24-10-8-23(9-11-24)15-4-2-3-5-16(15)25(29)30/h2-5,14,17,28H,6-13H2,1H3,(H,21,26)/t14-,17-/m0/s1. The van der Waals surface area contributed by atoms with E-state index in [4.69, 9.17) is 0 Å². The van der Waals surface area contributed by atoms with E-state index in [1.807, 2.05) is 16.8 Å². The Kier molecular flexibility index (Phi) is 5.37. The van der Waals surface area contributed by atoms with Crippen molar-refractivity contribution in [3.05, 3.63) is 34.4 Å². The Morgan fingerprint density at radius 3 is 2.47 bits per heavy atom. The molecule has 0 bridgehead atoms. The van der Waals surface area contributed by atoms with E-state index in [1.54, 1.807) is 28.6 Å². The van der Waals surface area contributed by atoms with Crippen LogP contribution in [0.3, 0.4) is 0 Å². The van der Waals surface area contributed by atoms with Gasteiger partial charge in [-0.2, -0.15) is 0 Å². The van der Waals surface area contributed by atoms with Gasteiger partial charge in [-0.05, 0) is 37.8 Å². The molecule has 2 amide bonds. The van der Waals surface area contributed by atoms with Gasteiger partial charge < -0.3 is 9.80 Å². The van der Waals surface area contributed by atoms with E-state index >= 15 is 0 Å². The molecule has 2 atom stereocenters. The zero-order valence-corrected chi connectivity index (χ0v) is 17.0. The molecule has 1 aromatic rings. The summed E-state index contributed by atoms with van der Waals surface area (Å²) in [6, 6.07) is 6.00. The molecule has 2 N–H and O–H groups in total. The van der Waals surface area contributed by atoms with Crippen LogP contribution in [0.1, 0.15) is 19.3 Å². The number of piperazine rings is 1. The van der Waals surface area contributed by atoms with E-state index in [1.165, 1.54) is 6.07 Å². The van der Waals surface area contributed by atoms with Crippen molar-refractivity contribution < 1.29 is 19.7 Å². The van der Waals surface area contributed by atoms with Gasteiger partial charge in [-0.25, -0.2) is 5.48 Å². The Bertz CT molecular complexity index is 850. The van der Waals surface area contributed by atoms with Crippen LogP contribution < -0.4 is 10.4 Å². The molecule has 3 fully saturated rings. The van der Waals surface area contributed by atoms with Gasteiger partial charge in [-0.3, -0.25) is 29.8 Å². The summed E-state index contributed by atoms with van der Waals surface area (Å²) in [6.07, 6.45) is 2.69. The average Bonchev–Trinajstić information content (AvgIpc) is 3.50. The number of nitrogens with one attached hydrogen (secondary N) is 1. The van der Waals surface area contributed by atoms with Gasteiger partial charge in [-0.1, -0.05) is 12.1 Å². The van der Waals surface area contributed by atoms with Gasteiger partial charge in [0.1, 0.15) is 11.7 Å². The molecule has 2 saturated heterocycles. The van der Waals surface area contributed by atoms with E-state index in [-0.39, 0.29) is 17.0 Å². The summed E-state index contributed by atoms with van der Waals surface area (Å²) in [7, 11) is 1.86. The van der Waals surface area contributed by atoms with Gasteiger partial charge >= 0.3 is 0 Å². The number of amides is 2. The number of nitro groups is 1. The van der Waals surface area contributed by atoms with Gasteiger partial charge in [0.05, 0.1) is 10.8 Å². The Morgan fingerprint density at radius 2 is 1.87 bits per heavy atom. The van der Waals surface area contributed by atoms with Crippen LogP contribution in [0.15, 0.2) is 24.3 Å². The SMILES string of the molecule is CN1CC2(CC2)C[C@H](C(=O)NO)[C@H]1C(=O)N1CCN(c2ccccc2[N+](=O)[O-])CC1. The second-order valence-corrected chi connectivity index (χ2v) is 8.70. The summed E-state index contributed by atoms with van der Waals surface area (Å²) in [5.41, 5.74) is 2.44. The normalized spacial score (nSPS) is 25.8. The molecule has 1 aromatic carbocycles. The number of hydroxylamine groups is 1. The summed E-state index contributed by atoms with van der Waals surface area (Å²) >= 11 is 0. The molecule has 30 heavy (non-hydrogen) atoms. The van der Waals surface area contributed by atoms with Crippen molar-refractivity contribution >= 4 is 23.2 Å². The van der Waals surface area contributed by atoms with Crippen molar-refractivity contribution in [3.8, 4) is 0 Å². The first-order chi connectivity index (χ1) is 14.3. The topological polar surface area (TPSA) is 119 Å². The van der Waals surface area contributed by atoms with Crippen LogP contribution in [0.5, 0.6) is 0 Å². The first-order valence-corrected chi connectivity index (χ1v) is 10.3. The molecule has 1 saturated carbocycles. The maximum Gasteiger partial charge on any atom is 0.292 e. The van der Waals surface area contributed by atoms with Crippen molar-refractivity contribution in [2.24, 2.45) is 11.3 Å². The number of likely N-dealkylation sites (N-methyl/N-ethyl adjacent to an activating group) is 1. The number of hydrogen-bond donors (Lipinski definition) is 2. The first kappa shape index (κ1) is 20.5. The minimum atomic E-state index is -0.610. The summed E-state index contributed by atoms with van der Waals surface area (Å²) in [5, 5.41) is 20.5. The van der Waals surface area contributed by atoms with Crippen LogP contribution in [0.4, 0.5) is 11.4 Å². The van der Waals surface area contributed by atoms with E-state index in [9.17, 15) is 24.9 Å². The lowest BCUT2D eigenvalue weighted by molar-refractivity contribution is -0.384. The molecule has 2 aliphatic heterocycles. The fraction of sp³-hybridized carbons (Fsp3) is 0.600. The molecule has 4 rings (SSSR count). The number of piperidine rings is 1. The third-order valence-corrected chi connectivity index (χ3v) is 6.76. The number of anilines is 1. The van der Waals surface area contributed by atoms with Crippen LogP contribution in [-0.2, 0) is 9.59 Å². The minimum absolute atomic E-state index is 0.0544. The second kappa shape index (κ2) is 7.84. The number of likely N-dealkylation sites (tertiary alicyclic amines) is 1. The zero-order valence-electron chi connectivity index (χ0n) is 17.0. The molecule has 1 aliphatic carbocycles. The van der Waals surface area contributed by atoms with Gasteiger partial charge in [-0.15, -0.1) is 0 Å². The van der Waals surface area contributed by atoms with Crippen molar-refractivity contribution in [1.82, 2.24) is 15.3 Å². The molecular formula is C20H27N5O5. The highest BCUT2D eigenvalue weighted by Crippen LogP contribution is 2.54. The number of benzene rings is 1. The molecule has 3 aliphatic rings. The lowest BCUT2D eigenvalue weighted by Gasteiger charge is -2.45. The molecular weight excluding hydrogens is 390 g/mol. The highest BCUT2D eigenvalue weighted by atomic mass is 16.6. The maximum atomic E-state index is 13.3. The number of carbonyl (C=O) groups is 2. The average molecular weight is 417 g/mol. The summed E-state index contributed by atoms with van der Waals surface area (Å²) in [6.45, 7) is 2.58. The quantitative estimate of drug-likeness (QED) is 0.423. The van der Waals surface area contributed by atoms with Crippen molar-refractivity contribution in [3.63, 3.8) is 0 Å². The Labute approximate surface area is 174 Å². The number of hydrogen-bond acceptors (Lipinski definition) is 7. The lowest BCUT2D eigenvalue weighted by atomic mass is 9.80. The predicted octanol–water partition coefficient (Wildman–Crippen LogP) is 0.849. The van der Waals surface area contributed by atoms with Crippen LogP contribution in [0.25, 0.3) is 0 Å². The fourth-order valence-electron chi connectivity index (χ4n) is 5.04. The molecule has 10 nitrogen and oxygen atoms in total. The van der Waals surface area contributed by atoms with E-state index < -0.39 is 22.8 Å². The zero-order chi connectivity index (χ0) is 21.5. The van der Waals surface area contributed by atoms with Crippen molar-refractivity contribution in [2.45, 2.75) is 25.3 Å². The number of carbonyl (C=O) groups excluding carboxylic acids is 2. The summed E-state index contributed by atoms with van der Waals surface area (Å²) < 4.78 is 0. The number of nitrogens with zero attached hydrogens (tertiary/aromatic N) is 4. The number of nitro benzene ring substituents is 1. The third-order valence-electron chi connectivity index (χ3n) is 6.76. The van der Waals surface area contributed by atoms with Gasteiger partial charge in [0.2, 0.25) is 11.8 Å². The predicted molar refractivity (Wildman–Crippen MR) is 108 cm³/mol. The molecule has 0 unspecified atom stereocenters. The van der Waals surface area contributed by atoms with E-state index in [2.05, 4.69) is 0 Å². The Balaban J connectivity index is 1.46. The monoisotopic (exact) mass is 417 g/mol. The molecule has 1 spiro atoms. The van der Waals surface area contributed by atoms with E-state index in [0.29, 0.717) is 38.3 Å². The Hall–Kier alpha value is -2.72. The number of para-hydroxylation sites is 2. The summed E-state index contributed by atoms with van der Waals surface area (Å²) in [4.78, 5) is 42.2. The molecule has 162 valence electrons. The largest absolute Gasteiger partial charge is 0.362 e. The third kappa shape index (κ3) is 3.72. The van der Waals surface area contributed by atoms with Gasteiger partial charge in [0.15, 0.2) is 0 Å². The minimum Gasteiger partial charge on any atom is -0.362 e. The van der Waals surface area contributed by atoms with Crippen LogP contribution in [-0.4, -0.2) is 77.6 Å². The van der Waals surface area contributed by atoms with E-state index in [0.717, 1.165) is 19.4 Å². The smallest absolute Gasteiger partial charge is 0.292 e. The lowest BCUT2D eigenvalue weighted by Crippen LogP contribution is -2.61. The van der Waals surface area contributed by atoms with Crippen LogP contribution in [0, 0.1) is 21.4 Å². The van der Waals surface area contributed by atoms with Crippen molar-refractivity contribution in [2.75, 3.05) is 44.7 Å².